The second kappa shape index (κ2) is 12.9. The van der Waals surface area contributed by atoms with Gasteiger partial charge >= 0.3 is 0 Å². The first-order valence-corrected chi connectivity index (χ1v) is 15.0. The van der Waals surface area contributed by atoms with Crippen molar-refractivity contribution >= 4 is 20.9 Å². The first-order chi connectivity index (χ1) is 16.4. The number of benzene rings is 1. The van der Waals surface area contributed by atoms with Crippen molar-refractivity contribution in [2.75, 3.05) is 38.6 Å². The SMILES string of the molecule is CCCCCCN1CCC(c2cn(N)c3ccc(S(=O)(=O)N(CCCC)CCCC)cc23)CC1. The zero-order valence-electron chi connectivity index (χ0n) is 21.6. The largest absolute Gasteiger partial charge is 0.339 e. The average Bonchev–Trinajstić information content (AvgIpc) is 3.18. The Balaban J connectivity index is 1.79. The smallest absolute Gasteiger partial charge is 0.243 e. The van der Waals surface area contributed by atoms with Crippen LogP contribution in [0.5, 0.6) is 0 Å². The number of aromatic nitrogens is 1. The maximum atomic E-state index is 13.6. The number of unbranched alkanes of at least 4 members (excludes halogenated alkanes) is 5. The molecule has 0 radical (unpaired) electrons. The van der Waals surface area contributed by atoms with Crippen LogP contribution in [0.2, 0.25) is 0 Å². The predicted octanol–water partition coefficient (Wildman–Crippen LogP) is 5.71. The number of hydrogen-bond donors (Lipinski definition) is 1. The maximum Gasteiger partial charge on any atom is 0.243 e. The monoisotopic (exact) mass is 490 g/mol. The van der Waals surface area contributed by atoms with Crippen LogP contribution in [0.4, 0.5) is 0 Å². The molecular formula is C27H46N4O2S. The Hall–Kier alpha value is -1.57. The quantitative estimate of drug-likeness (QED) is 0.272. The van der Waals surface area contributed by atoms with Crippen LogP contribution in [0, 0.1) is 0 Å². The third kappa shape index (κ3) is 6.55. The summed E-state index contributed by atoms with van der Waals surface area (Å²) in [5, 5.41) is 0.996. The summed E-state index contributed by atoms with van der Waals surface area (Å²) in [4.78, 5) is 2.98. The fourth-order valence-electron chi connectivity index (χ4n) is 5.15. The fraction of sp³-hybridized carbons (Fsp3) is 0.704. The third-order valence-corrected chi connectivity index (χ3v) is 9.25. The molecule has 2 N–H and O–H groups in total. The molecule has 1 aliphatic heterocycles. The van der Waals surface area contributed by atoms with Gasteiger partial charge in [-0.3, -0.25) is 4.68 Å². The molecule has 192 valence electrons. The number of likely N-dealkylation sites (tertiary alicyclic amines) is 1. The molecule has 2 aromatic rings. The molecule has 0 aliphatic carbocycles. The molecule has 0 unspecified atom stereocenters. The number of nitrogens with two attached hydrogens (primary N) is 1. The zero-order valence-corrected chi connectivity index (χ0v) is 22.5. The van der Waals surface area contributed by atoms with Crippen molar-refractivity contribution in [2.24, 2.45) is 0 Å². The van der Waals surface area contributed by atoms with E-state index in [0.717, 1.165) is 62.5 Å². The standard InChI is InChI=1S/C27H46N4O2S/c1-4-7-10-11-16-29-19-14-23(15-20-29)26-22-31(28)27-13-12-24(21-25(26)27)34(32,33)30(17-8-5-2)18-9-6-3/h12-13,21-23H,4-11,14-20,28H2,1-3H3. The number of piperidine rings is 1. The topological polar surface area (TPSA) is 71.6 Å². The molecule has 3 rings (SSSR count). The molecule has 1 aromatic heterocycles. The van der Waals surface area contributed by atoms with Crippen molar-refractivity contribution in [2.45, 2.75) is 95.8 Å². The van der Waals surface area contributed by atoms with Gasteiger partial charge in [0, 0.05) is 24.7 Å². The van der Waals surface area contributed by atoms with E-state index in [1.54, 1.807) is 15.0 Å². The van der Waals surface area contributed by atoms with Gasteiger partial charge in [0.15, 0.2) is 0 Å². The van der Waals surface area contributed by atoms with Gasteiger partial charge in [0.25, 0.3) is 0 Å². The van der Waals surface area contributed by atoms with Gasteiger partial charge in [-0.05, 0) is 81.4 Å². The number of rotatable bonds is 14. The molecule has 7 heteroatoms. The Labute approximate surface area is 207 Å². The molecule has 1 aliphatic rings. The van der Waals surface area contributed by atoms with Crippen LogP contribution >= 0.6 is 0 Å². The highest BCUT2D eigenvalue weighted by molar-refractivity contribution is 7.89. The van der Waals surface area contributed by atoms with Crippen molar-refractivity contribution in [1.82, 2.24) is 13.9 Å². The van der Waals surface area contributed by atoms with Crippen molar-refractivity contribution < 1.29 is 8.42 Å². The minimum absolute atomic E-state index is 0.396. The normalized spacial score (nSPS) is 16.1. The van der Waals surface area contributed by atoms with Gasteiger partial charge in [-0.1, -0.05) is 52.9 Å². The molecule has 0 saturated carbocycles. The Morgan fingerprint density at radius 3 is 2.21 bits per heavy atom. The van der Waals surface area contributed by atoms with Crippen LogP contribution < -0.4 is 5.84 Å². The van der Waals surface area contributed by atoms with Crippen molar-refractivity contribution in [3.05, 3.63) is 30.0 Å². The van der Waals surface area contributed by atoms with Crippen LogP contribution in [0.25, 0.3) is 10.9 Å². The minimum Gasteiger partial charge on any atom is -0.339 e. The van der Waals surface area contributed by atoms with E-state index >= 15 is 0 Å². The highest BCUT2D eigenvalue weighted by Gasteiger charge is 2.27. The minimum atomic E-state index is -3.52. The van der Waals surface area contributed by atoms with Crippen LogP contribution in [0.3, 0.4) is 0 Å². The van der Waals surface area contributed by atoms with E-state index in [2.05, 4.69) is 25.7 Å². The average molecular weight is 491 g/mol. The Kier molecular flexibility index (Phi) is 10.3. The number of fused-ring (bicyclic) bond motifs is 1. The van der Waals surface area contributed by atoms with Gasteiger partial charge in [0.2, 0.25) is 10.0 Å². The zero-order chi connectivity index (χ0) is 24.6. The molecule has 1 aromatic carbocycles. The van der Waals surface area contributed by atoms with Gasteiger partial charge in [-0.15, -0.1) is 0 Å². The van der Waals surface area contributed by atoms with Crippen molar-refractivity contribution in [3.63, 3.8) is 0 Å². The summed E-state index contributed by atoms with van der Waals surface area (Å²) in [6.07, 6.45) is 13.2. The summed E-state index contributed by atoms with van der Waals surface area (Å²) >= 11 is 0. The highest BCUT2D eigenvalue weighted by atomic mass is 32.2. The summed E-state index contributed by atoms with van der Waals surface area (Å²) in [5.74, 6) is 6.73. The first-order valence-electron chi connectivity index (χ1n) is 13.5. The lowest BCUT2D eigenvalue weighted by atomic mass is 9.89. The van der Waals surface area contributed by atoms with Crippen LogP contribution in [-0.2, 0) is 10.0 Å². The van der Waals surface area contributed by atoms with Gasteiger partial charge in [-0.2, -0.15) is 4.31 Å². The Morgan fingerprint density at radius 1 is 0.941 bits per heavy atom. The number of nitrogen functional groups attached to an aromatic ring is 1. The van der Waals surface area contributed by atoms with Gasteiger partial charge in [0.1, 0.15) is 0 Å². The molecule has 34 heavy (non-hydrogen) atoms. The lowest BCUT2D eigenvalue weighted by Gasteiger charge is -2.32. The van der Waals surface area contributed by atoms with E-state index in [9.17, 15) is 8.42 Å². The Morgan fingerprint density at radius 2 is 1.59 bits per heavy atom. The third-order valence-electron chi connectivity index (χ3n) is 7.35. The number of hydrogen-bond acceptors (Lipinski definition) is 4. The van der Waals surface area contributed by atoms with Crippen LogP contribution in [0.1, 0.15) is 96.5 Å². The number of sulfonamides is 1. The molecule has 0 bridgehead atoms. The summed E-state index contributed by atoms with van der Waals surface area (Å²) < 4.78 is 30.5. The molecule has 1 fully saturated rings. The maximum absolute atomic E-state index is 13.6. The molecule has 2 heterocycles. The van der Waals surface area contributed by atoms with E-state index in [4.69, 9.17) is 5.84 Å². The summed E-state index contributed by atoms with van der Waals surface area (Å²) in [5.41, 5.74) is 2.11. The summed E-state index contributed by atoms with van der Waals surface area (Å²) in [6.45, 7) is 11.0. The first kappa shape index (κ1) is 27.0. The molecule has 0 atom stereocenters. The van der Waals surface area contributed by atoms with E-state index < -0.39 is 10.0 Å². The van der Waals surface area contributed by atoms with E-state index in [1.807, 2.05) is 18.3 Å². The Bertz CT molecular complexity index is 985. The molecule has 0 spiro atoms. The van der Waals surface area contributed by atoms with Gasteiger partial charge in [0.05, 0.1) is 10.4 Å². The van der Waals surface area contributed by atoms with E-state index in [0.29, 0.717) is 23.9 Å². The lowest BCUT2D eigenvalue weighted by Crippen LogP contribution is -2.33. The second-order valence-electron chi connectivity index (χ2n) is 9.96. The predicted molar refractivity (Wildman–Crippen MR) is 143 cm³/mol. The lowest BCUT2D eigenvalue weighted by molar-refractivity contribution is 0.208. The molecule has 1 saturated heterocycles. The molecular weight excluding hydrogens is 444 g/mol. The fourth-order valence-corrected chi connectivity index (χ4v) is 6.69. The number of nitrogens with zero attached hydrogens (tertiary/aromatic N) is 3. The van der Waals surface area contributed by atoms with Crippen molar-refractivity contribution in [3.8, 4) is 0 Å². The summed E-state index contributed by atoms with van der Waals surface area (Å²) in [7, 11) is -3.52. The van der Waals surface area contributed by atoms with E-state index in [1.165, 1.54) is 37.8 Å². The van der Waals surface area contributed by atoms with Crippen LogP contribution in [0.15, 0.2) is 29.3 Å². The van der Waals surface area contributed by atoms with Gasteiger partial charge < -0.3 is 10.7 Å². The molecule has 0 amide bonds. The van der Waals surface area contributed by atoms with Crippen molar-refractivity contribution in [1.29, 1.82) is 0 Å². The van der Waals surface area contributed by atoms with Gasteiger partial charge in [-0.25, -0.2) is 8.42 Å². The highest BCUT2D eigenvalue weighted by Crippen LogP contribution is 2.35. The summed E-state index contributed by atoms with van der Waals surface area (Å²) in [6, 6.07) is 5.49. The molecule has 6 nitrogen and oxygen atoms in total. The van der Waals surface area contributed by atoms with E-state index in [-0.39, 0.29) is 0 Å². The van der Waals surface area contributed by atoms with Crippen LogP contribution in [-0.4, -0.2) is 55.0 Å². The second-order valence-corrected chi connectivity index (χ2v) is 11.9.